The Morgan fingerprint density at radius 2 is 1.92 bits per heavy atom. The number of ether oxygens (including phenoxy) is 3. The van der Waals surface area contributed by atoms with Gasteiger partial charge in [-0.15, -0.1) is 0 Å². The van der Waals surface area contributed by atoms with E-state index in [9.17, 15) is 4.79 Å². The van der Waals surface area contributed by atoms with Gasteiger partial charge in [0.1, 0.15) is 17.0 Å². The predicted molar refractivity (Wildman–Crippen MR) is 97.9 cm³/mol. The van der Waals surface area contributed by atoms with Crippen molar-refractivity contribution in [2.24, 2.45) is 7.05 Å². The van der Waals surface area contributed by atoms with Gasteiger partial charge >= 0.3 is 5.97 Å². The second-order valence-electron chi connectivity index (χ2n) is 5.28. The third kappa shape index (κ3) is 3.76. The molecule has 0 amide bonds. The van der Waals surface area contributed by atoms with Gasteiger partial charge in [-0.3, -0.25) is 4.68 Å². The van der Waals surface area contributed by atoms with E-state index in [-0.39, 0.29) is 0 Å². The Balaban J connectivity index is 1.94. The lowest BCUT2D eigenvalue weighted by Gasteiger charge is -2.11. The largest absolute Gasteiger partial charge is 0.493 e. The molecule has 0 spiro atoms. The van der Waals surface area contributed by atoms with Crippen molar-refractivity contribution in [2.45, 2.75) is 0 Å². The predicted octanol–water partition coefficient (Wildman–Crippen LogP) is 3.93. The first-order valence-corrected chi connectivity index (χ1v) is 8.75. The second kappa shape index (κ2) is 7.57. The molecule has 0 saturated carbocycles. The third-order valence-electron chi connectivity index (χ3n) is 3.62. The van der Waals surface area contributed by atoms with Crippen molar-refractivity contribution in [3.8, 4) is 17.2 Å². The zero-order valence-electron chi connectivity index (χ0n) is 13.9. The maximum Gasteiger partial charge on any atom is 0.338 e. The Bertz CT molecular complexity index is 890. The van der Waals surface area contributed by atoms with Crippen molar-refractivity contribution in [1.29, 1.82) is 0 Å². The van der Waals surface area contributed by atoms with Crippen LogP contribution in [0.2, 0.25) is 0 Å². The summed E-state index contributed by atoms with van der Waals surface area (Å²) < 4.78 is 18.0. The minimum Gasteiger partial charge on any atom is -0.493 e. The van der Waals surface area contributed by atoms with E-state index in [2.05, 4.69) is 21.0 Å². The number of fused-ring (bicyclic) bond motifs is 1. The van der Waals surface area contributed by atoms with Crippen molar-refractivity contribution >= 4 is 32.8 Å². The summed E-state index contributed by atoms with van der Waals surface area (Å²) in [5.41, 5.74) is 1.21. The maximum atomic E-state index is 11.9. The van der Waals surface area contributed by atoms with Crippen LogP contribution in [0.15, 0.2) is 42.6 Å². The molecule has 0 aliphatic rings. The van der Waals surface area contributed by atoms with Crippen molar-refractivity contribution < 1.29 is 19.0 Å². The number of nitrogens with zero attached hydrogens (tertiary/aromatic N) is 2. The highest BCUT2D eigenvalue weighted by molar-refractivity contribution is 9.09. The van der Waals surface area contributed by atoms with Crippen molar-refractivity contribution in [2.75, 3.05) is 19.0 Å². The lowest BCUT2D eigenvalue weighted by atomic mass is 10.1. The molecule has 130 valence electrons. The first kappa shape index (κ1) is 17.3. The summed E-state index contributed by atoms with van der Waals surface area (Å²) in [6, 6.07) is 10.7. The molecule has 0 bridgehead atoms. The highest BCUT2D eigenvalue weighted by Gasteiger charge is 2.15. The smallest absolute Gasteiger partial charge is 0.338 e. The SMILES string of the molecule is COC(=O)c1cc(Oc2ccc(OCCBr)cc2)c2c(cnn2C)c1. The van der Waals surface area contributed by atoms with E-state index < -0.39 is 5.97 Å². The maximum absolute atomic E-state index is 11.9. The van der Waals surface area contributed by atoms with Gasteiger partial charge in [0.2, 0.25) is 0 Å². The van der Waals surface area contributed by atoms with Gasteiger partial charge < -0.3 is 14.2 Å². The number of rotatable bonds is 6. The van der Waals surface area contributed by atoms with Gasteiger partial charge in [-0.25, -0.2) is 4.79 Å². The van der Waals surface area contributed by atoms with Crippen molar-refractivity contribution in [3.05, 3.63) is 48.2 Å². The Hall–Kier alpha value is -2.54. The van der Waals surface area contributed by atoms with Crippen LogP contribution in [-0.2, 0) is 11.8 Å². The van der Waals surface area contributed by atoms with Gasteiger partial charge in [0.25, 0.3) is 0 Å². The van der Waals surface area contributed by atoms with Crippen LogP contribution in [-0.4, -0.2) is 34.8 Å². The molecule has 1 heterocycles. The van der Waals surface area contributed by atoms with Gasteiger partial charge in [0, 0.05) is 17.8 Å². The van der Waals surface area contributed by atoms with E-state index in [1.165, 1.54) is 7.11 Å². The molecule has 0 N–H and O–H groups in total. The van der Waals surface area contributed by atoms with Crippen LogP contribution >= 0.6 is 15.9 Å². The lowest BCUT2D eigenvalue weighted by molar-refractivity contribution is 0.0600. The van der Waals surface area contributed by atoms with Gasteiger partial charge in [0.05, 0.1) is 25.5 Å². The average molecular weight is 405 g/mol. The van der Waals surface area contributed by atoms with Crippen LogP contribution < -0.4 is 9.47 Å². The average Bonchev–Trinajstić information content (AvgIpc) is 3.01. The van der Waals surface area contributed by atoms with Gasteiger partial charge in [0.15, 0.2) is 5.75 Å². The fraction of sp³-hybridized carbons (Fsp3) is 0.222. The fourth-order valence-corrected chi connectivity index (χ4v) is 2.64. The second-order valence-corrected chi connectivity index (χ2v) is 6.08. The molecular weight excluding hydrogens is 388 g/mol. The Morgan fingerprint density at radius 1 is 1.20 bits per heavy atom. The minimum atomic E-state index is -0.422. The lowest BCUT2D eigenvalue weighted by Crippen LogP contribution is -2.02. The summed E-state index contributed by atoms with van der Waals surface area (Å²) in [6.45, 7) is 0.594. The van der Waals surface area contributed by atoms with Gasteiger partial charge in [-0.1, -0.05) is 15.9 Å². The number of carbonyl (C=O) groups is 1. The molecule has 0 atom stereocenters. The number of hydrogen-bond donors (Lipinski definition) is 0. The summed E-state index contributed by atoms with van der Waals surface area (Å²) in [7, 11) is 3.17. The first-order chi connectivity index (χ1) is 12.1. The Labute approximate surface area is 153 Å². The number of halogens is 1. The molecule has 0 fully saturated rings. The number of alkyl halides is 1. The summed E-state index contributed by atoms with van der Waals surface area (Å²) >= 11 is 3.32. The zero-order valence-corrected chi connectivity index (χ0v) is 15.4. The molecule has 0 aliphatic heterocycles. The van der Waals surface area contributed by atoms with E-state index in [1.807, 2.05) is 31.3 Å². The normalized spacial score (nSPS) is 10.7. The van der Waals surface area contributed by atoms with Gasteiger partial charge in [-0.2, -0.15) is 5.10 Å². The van der Waals surface area contributed by atoms with Crippen LogP contribution in [0.3, 0.4) is 0 Å². The zero-order chi connectivity index (χ0) is 17.8. The molecule has 0 unspecified atom stereocenters. The number of methoxy groups -OCH3 is 1. The van der Waals surface area contributed by atoms with Crippen molar-refractivity contribution in [3.63, 3.8) is 0 Å². The molecule has 0 aliphatic carbocycles. The number of aryl methyl sites for hydroxylation is 1. The molecule has 3 aromatic rings. The fourth-order valence-electron chi connectivity index (χ4n) is 2.48. The van der Waals surface area contributed by atoms with E-state index in [0.717, 1.165) is 22.0 Å². The third-order valence-corrected chi connectivity index (χ3v) is 3.94. The monoisotopic (exact) mass is 404 g/mol. The van der Waals surface area contributed by atoms with E-state index in [0.29, 0.717) is 23.7 Å². The molecule has 1 aromatic heterocycles. The van der Waals surface area contributed by atoms with E-state index in [4.69, 9.17) is 14.2 Å². The molecule has 6 nitrogen and oxygen atoms in total. The standard InChI is InChI=1S/C18H17BrN2O4/c1-21-17-13(11-20-21)9-12(18(22)23-2)10-16(17)25-15-5-3-14(4-6-15)24-8-7-19/h3-6,9-11H,7-8H2,1-2H3. The van der Waals surface area contributed by atoms with Crippen LogP contribution in [0.4, 0.5) is 0 Å². The number of benzene rings is 2. The number of esters is 1. The molecule has 0 saturated heterocycles. The Morgan fingerprint density at radius 3 is 2.60 bits per heavy atom. The minimum absolute atomic E-state index is 0.412. The Kier molecular flexibility index (Phi) is 5.23. The number of hydrogen-bond acceptors (Lipinski definition) is 5. The summed E-state index contributed by atoms with van der Waals surface area (Å²) in [4.78, 5) is 11.9. The molecule has 25 heavy (non-hydrogen) atoms. The number of aromatic nitrogens is 2. The van der Waals surface area contributed by atoms with Crippen LogP contribution in [0.1, 0.15) is 10.4 Å². The topological polar surface area (TPSA) is 62.6 Å². The summed E-state index contributed by atoms with van der Waals surface area (Å²) in [5.74, 6) is 1.51. The number of carbonyl (C=O) groups excluding carboxylic acids is 1. The summed E-state index contributed by atoms with van der Waals surface area (Å²) in [6.07, 6.45) is 1.69. The van der Waals surface area contributed by atoms with Crippen LogP contribution in [0.5, 0.6) is 17.2 Å². The highest BCUT2D eigenvalue weighted by atomic mass is 79.9. The molecule has 7 heteroatoms. The van der Waals surface area contributed by atoms with Crippen LogP contribution in [0, 0.1) is 0 Å². The van der Waals surface area contributed by atoms with Crippen LogP contribution in [0.25, 0.3) is 10.9 Å². The highest BCUT2D eigenvalue weighted by Crippen LogP contribution is 2.32. The van der Waals surface area contributed by atoms with Crippen molar-refractivity contribution in [1.82, 2.24) is 9.78 Å². The van der Waals surface area contributed by atoms with E-state index >= 15 is 0 Å². The first-order valence-electron chi connectivity index (χ1n) is 7.63. The molecule has 0 radical (unpaired) electrons. The quantitative estimate of drug-likeness (QED) is 0.460. The van der Waals surface area contributed by atoms with E-state index in [1.54, 1.807) is 23.0 Å². The summed E-state index contributed by atoms with van der Waals surface area (Å²) in [5, 5.41) is 5.80. The van der Waals surface area contributed by atoms with Gasteiger partial charge in [-0.05, 0) is 36.4 Å². The molecule has 3 rings (SSSR count). The molecular formula is C18H17BrN2O4. The molecule has 2 aromatic carbocycles.